The van der Waals surface area contributed by atoms with Crippen LogP contribution in [0.5, 0.6) is 0 Å². The van der Waals surface area contributed by atoms with Gasteiger partial charge in [0.2, 0.25) is 0 Å². The third-order valence-electron chi connectivity index (χ3n) is 3.07. The lowest BCUT2D eigenvalue weighted by molar-refractivity contribution is -0.384. The number of nitro groups is 1. The van der Waals surface area contributed by atoms with Crippen molar-refractivity contribution in [2.24, 2.45) is 5.73 Å². The Labute approximate surface area is 113 Å². The van der Waals surface area contributed by atoms with Gasteiger partial charge < -0.3 is 11.1 Å². The van der Waals surface area contributed by atoms with Crippen LogP contribution in [0.3, 0.4) is 0 Å². The second-order valence-corrected chi connectivity index (χ2v) is 5.51. The Morgan fingerprint density at radius 3 is 2.82 bits per heavy atom. The van der Waals surface area contributed by atoms with E-state index in [1.54, 1.807) is 12.1 Å². The highest BCUT2D eigenvalue weighted by atomic mass is 127. The van der Waals surface area contributed by atoms with Crippen LogP contribution in [0.2, 0.25) is 0 Å². The molecule has 1 fully saturated rings. The second kappa shape index (κ2) is 5.18. The van der Waals surface area contributed by atoms with Gasteiger partial charge in [0.1, 0.15) is 5.69 Å². The molecule has 0 spiro atoms. The quantitative estimate of drug-likeness (QED) is 0.500. The maximum absolute atomic E-state index is 11.0. The van der Waals surface area contributed by atoms with Crippen LogP contribution < -0.4 is 11.1 Å². The van der Waals surface area contributed by atoms with Gasteiger partial charge in [0, 0.05) is 21.7 Å². The van der Waals surface area contributed by atoms with Crippen LogP contribution in [0.25, 0.3) is 0 Å². The van der Waals surface area contributed by atoms with Crippen molar-refractivity contribution in [3.8, 4) is 0 Å². The predicted octanol–water partition coefficient (Wildman–Crippen LogP) is 2.49. The number of rotatable bonds is 3. The summed E-state index contributed by atoms with van der Waals surface area (Å²) in [4.78, 5) is 10.6. The van der Waals surface area contributed by atoms with Gasteiger partial charge in [-0.15, -0.1) is 0 Å². The Balaban J connectivity index is 2.22. The number of hydrogen-bond donors (Lipinski definition) is 2. The maximum atomic E-state index is 11.0. The molecule has 0 heterocycles. The fourth-order valence-corrected chi connectivity index (χ4v) is 2.62. The normalized spacial score (nSPS) is 23.6. The van der Waals surface area contributed by atoms with Crippen LogP contribution in [-0.2, 0) is 0 Å². The van der Waals surface area contributed by atoms with Crippen molar-refractivity contribution in [3.05, 3.63) is 31.9 Å². The Hall–Kier alpha value is -0.890. The largest absolute Gasteiger partial charge is 0.375 e. The molecule has 17 heavy (non-hydrogen) atoms. The van der Waals surface area contributed by atoms with Gasteiger partial charge in [0.15, 0.2) is 0 Å². The second-order valence-electron chi connectivity index (χ2n) is 4.26. The van der Waals surface area contributed by atoms with Crippen molar-refractivity contribution < 1.29 is 4.92 Å². The molecular formula is C11H14IN3O2. The lowest BCUT2D eigenvalue weighted by atomic mass is 10.1. The van der Waals surface area contributed by atoms with Crippen LogP contribution in [0.4, 0.5) is 11.4 Å². The average molecular weight is 347 g/mol. The van der Waals surface area contributed by atoms with Crippen molar-refractivity contribution in [2.75, 3.05) is 5.32 Å². The molecule has 1 aromatic rings. The molecule has 2 unspecified atom stereocenters. The molecule has 92 valence electrons. The third kappa shape index (κ3) is 2.86. The molecule has 3 N–H and O–H groups in total. The van der Waals surface area contributed by atoms with Crippen LogP contribution in [0.1, 0.15) is 19.3 Å². The topological polar surface area (TPSA) is 81.2 Å². The Morgan fingerprint density at radius 1 is 1.47 bits per heavy atom. The monoisotopic (exact) mass is 347 g/mol. The Bertz CT molecular complexity index is 439. The van der Waals surface area contributed by atoms with Crippen molar-refractivity contribution >= 4 is 34.0 Å². The minimum Gasteiger partial charge on any atom is -0.375 e. The summed E-state index contributed by atoms with van der Waals surface area (Å²) in [5.74, 6) is 0. The third-order valence-corrected chi connectivity index (χ3v) is 3.74. The number of halogens is 1. The molecule has 0 radical (unpaired) electrons. The number of benzene rings is 1. The summed E-state index contributed by atoms with van der Waals surface area (Å²) in [6, 6.07) is 5.42. The van der Waals surface area contributed by atoms with Crippen LogP contribution in [0.15, 0.2) is 18.2 Å². The zero-order chi connectivity index (χ0) is 12.4. The summed E-state index contributed by atoms with van der Waals surface area (Å²) in [7, 11) is 0. The van der Waals surface area contributed by atoms with E-state index in [1.165, 1.54) is 0 Å². The van der Waals surface area contributed by atoms with Gasteiger partial charge in [0.25, 0.3) is 5.69 Å². The van der Waals surface area contributed by atoms with E-state index in [4.69, 9.17) is 5.73 Å². The van der Waals surface area contributed by atoms with Crippen molar-refractivity contribution in [3.63, 3.8) is 0 Å². The summed E-state index contributed by atoms with van der Waals surface area (Å²) < 4.78 is 0.857. The van der Waals surface area contributed by atoms with Gasteiger partial charge in [-0.1, -0.05) is 0 Å². The summed E-state index contributed by atoms with van der Waals surface area (Å²) in [5.41, 5.74) is 6.64. The Kier molecular flexibility index (Phi) is 3.82. The highest BCUT2D eigenvalue weighted by Crippen LogP contribution is 2.29. The standard InChI is InChI=1S/C11H14IN3O2/c12-7-4-5-10(11(6-7)15(16)17)14-9-3-1-2-8(9)13/h4-6,8-9,14H,1-3,13H2. The lowest BCUT2D eigenvalue weighted by Gasteiger charge is -2.18. The molecule has 0 aliphatic heterocycles. The van der Waals surface area contributed by atoms with Crippen LogP contribution >= 0.6 is 22.6 Å². The summed E-state index contributed by atoms with van der Waals surface area (Å²) >= 11 is 2.07. The maximum Gasteiger partial charge on any atom is 0.293 e. The minimum atomic E-state index is -0.356. The fraction of sp³-hybridized carbons (Fsp3) is 0.455. The molecule has 1 aliphatic rings. The SMILES string of the molecule is NC1CCCC1Nc1ccc(I)cc1[N+](=O)[O-]. The van der Waals surface area contributed by atoms with E-state index in [-0.39, 0.29) is 22.7 Å². The Morgan fingerprint density at radius 2 is 2.24 bits per heavy atom. The van der Waals surface area contributed by atoms with E-state index in [2.05, 4.69) is 27.9 Å². The van der Waals surface area contributed by atoms with E-state index in [0.717, 1.165) is 22.8 Å². The molecule has 0 amide bonds. The number of nitro benzene ring substituents is 1. The molecule has 6 heteroatoms. The average Bonchev–Trinajstić information content (AvgIpc) is 2.67. The smallest absolute Gasteiger partial charge is 0.293 e. The molecule has 2 atom stereocenters. The number of anilines is 1. The van der Waals surface area contributed by atoms with E-state index in [0.29, 0.717) is 5.69 Å². The molecule has 0 aromatic heterocycles. The first-order chi connectivity index (χ1) is 8.08. The summed E-state index contributed by atoms with van der Waals surface area (Å²) in [5, 5.41) is 14.2. The van der Waals surface area contributed by atoms with E-state index < -0.39 is 0 Å². The van der Waals surface area contributed by atoms with Crippen molar-refractivity contribution in [1.29, 1.82) is 0 Å². The van der Waals surface area contributed by atoms with Gasteiger partial charge >= 0.3 is 0 Å². The van der Waals surface area contributed by atoms with Gasteiger partial charge in [-0.3, -0.25) is 10.1 Å². The van der Waals surface area contributed by atoms with Crippen LogP contribution in [0, 0.1) is 13.7 Å². The van der Waals surface area contributed by atoms with Crippen LogP contribution in [-0.4, -0.2) is 17.0 Å². The zero-order valence-corrected chi connectivity index (χ0v) is 11.4. The van der Waals surface area contributed by atoms with Gasteiger partial charge in [-0.2, -0.15) is 0 Å². The van der Waals surface area contributed by atoms with Crippen molar-refractivity contribution in [1.82, 2.24) is 0 Å². The highest BCUT2D eigenvalue weighted by molar-refractivity contribution is 14.1. The highest BCUT2D eigenvalue weighted by Gasteiger charge is 2.26. The molecule has 1 aliphatic carbocycles. The van der Waals surface area contributed by atoms with Gasteiger partial charge in [0.05, 0.1) is 4.92 Å². The van der Waals surface area contributed by atoms with Gasteiger partial charge in [-0.05, 0) is 54.0 Å². The zero-order valence-electron chi connectivity index (χ0n) is 9.23. The molecular weight excluding hydrogens is 333 g/mol. The first-order valence-corrected chi connectivity index (χ1v) is 6.62. The summed E-state index contributed by atoms with van der Waals surface area (Å²) in [6.45, 7) is 0. The predicted molar refractivity (Wildman–Crippen MR) is 75.1 cm³/mol. The van der Waals surface area contributed by atoms with Crippen molar-refractivity contribution in [2.45, 2.75) is 31.3 Å². The lowest BCUT2D eigenvalue weighted by Crippen LogP contribution is -2.35. The molecule has 1 saturated carbocycles. The number of nitrogens with one attached hydrogen (secondary N) is 1. The molecule has 2 rings (SSSR count). The molecule has 1 aromatic carbocycles. The number of hydrogen-bond acceptors (Lipinski definition) is 4. The van der Waals surface area contributed by atoms with Gasteiger partial charge in [-0.25, -0.2) is 0 Å². The first kappa shape index (κ1) is 12.6. The first-order valence-electron chi connectivity index (χ1n) is 5.54. The molecule has 0 saturated heterocycles. The fourth-order valence-electron chi connectivity index (χ4n) is 2.15. The van der Waals surface area contributed by atoms with E-state index in [1.807, 2.05) is 6.07 Å². The number of nitrogens with two attached hydrogens (primary N) is 1. The van der Waals surface area contributed by atoms with E-state index >= 15 is 0 Å². The number of nitrogens with zero attached hydrogens (tertiary/aromatic N) is 1. The molecule has 5 nitrogen and oxygen atoms in total. The minimum absolute atomic E-state index is 0.0916. The van der Waals surface area contributed by atoms with E-state index in [9.17, 15) is 10.1 Å². The molecule has 0 bridgehead atoms. The summed E-state index contributed by atoms with van der Waals surface area (Å²) in [6.07, 6.45) is 3.04.